The Labute approximate surface area is 134 Å². The molecule has 3 N–H and O–H groups in total. The van der Waals surface area contributed by atoms with Crippen LogP contribution in [0.15, 0.2) is 16.4 Å². The minimum absolute atomic E-state index is 0.380. The van der Waals surface area contributed by atoms with Crippen LogP contribution in [0.2, 0.25) is 0 Å². The van der Waals surface area contributed by atoms with E-state index in [2.05, 4.69) is 15.1 Å². The Morgan fingerprint density at radius 3 is 2.59 bits per heavy atom. The van der Waals surface area contributed by atoms with Crippen molar-refractivity contribution in [2.75, 3.05) is 19.1 Å². The molecule has 0 unspecified atom stereocenters. The highest BCUT2D eigenvalue weighted by Gasteiger charge is 2.44. The van der Waals surface area contributed by atoms with Crippen molar-refractivity contribution in [3.63, 3.8) is 0 Å². The summed E-state index contributed by atoms with van der Waals surface area (Å²) >= 11 is 2.88. The van der Waals surface area contributed by atoms with Gasteiger partial charge < -0.3 is 20.1 Å². The quantitative estimate of drug-likeness (QED) is 0.397. The summed E-state index contributed by atoms with van der Waals surface area (Å²) in [6.07, 6.45) is 1.29. The summed E-state index contributed by atoms with van der Waals surface area (Å²) in [5, 5.41) is 35.6. The molecule has 1 saturated heterocycles. The predicted molar refractivity (Wildman–Crippen MR) is 81.9 cm³/mol. The Kier molecular flexibility index (Phi) is 4.57. The van der Waals surface area contributed by atoms with Gasteiger partial charge in [-0.1, -0.05) is 11.8 Å². The van der Waals surface area contributed by atoms with Crippen molar-refractivity contribution in [2.45, 2.75) is 34.7 Å². The second-order valence-corrected chi connectivity index (χ2v) is 6.34. The SMILES string of the molecule is CSc1nc(SC)c2cnn([C@H]3O[C@@H](CO)[C@@H](O)[C@@H]3O)c2n1. The molecule has 1 fully saturated rings. The van der Waals surface area contributed by atoms with Gasteiger partial charge in [-0.05, 0) is 12.5 Å². The monoisotopic (exact) mass is 344 g/mol. The molecule has 0 amide bonds. The average molecular weight is 344 g/mol. The lowest BCUT2D eigenvalue weighted by Gasteiger charge is -2.15. The van der Waals surface area contributed by atoms with Crippen molar-refractivity contribution in [1.82, 2.24) is 19.7 Å². The van der Waals surface area contributed by atoms with Gasteiger partial charge in [0.1, 0.15) is 23.3 Å². The molecular formula is C12H16N4O4S2. The van der Waals surface area contributed by atoms with Gasteiger partial charge in [0.05, 0.1) is 18.2 Å². The second kappa shape index (κ2) is 6.30. The van der Waals surface area contributed by atoms with Crippen LogP contribution in [-0.2, 0) is 4.74 Å². The van der Waals surface area contributed by atoms with Crippen molar-refractivity contribution >= 4 is 34.6 Å². The summed E-state index contributed by atoms with van der Waals surface area (Å²) in [7, 11) is 0. The van der Waals surface area contributed by atoms with Crippen LogP contribution >= 0.6 is 23.5 Å². The van der Waals surface area contributed by atoms with Gasteiger partial charge in [0.2, 0.25) is 0 Å². The first-order valence-corrected chi connectivity index (χ1v) is 9.01. The summed E-state index contributed by atoms with van der Waals surface area (Å²) in [4.78, 5) is 8.83. The molecule has 4 atom stereocenters. The fourth-order valence-corrected chi connectivity index (χ4v) is 3.36. The molecule has 3 rings (SSSR count). The van der Waals surface area contributed by atoms with E-state index >= 15 is 0 Å². The molecule has 1 aliphatic rings. The Balaban J connectivity index is 2.08. The van der Waals surface area contributed by atoms with Crippen LogP contribution in [0.25, 0.3) is 11.0 Å². The lowest BCUT2D eigenvalue weighted by Crippen LogP contribution is -2.33. The van der Waals surface area contributed by atoms with E-state index in [0.29, 0.717) is 10.8 Å². The maximum absolute atomic E-state index is 10.1. The molecule has 120 valence electrons. The van der Waals surface area contributed by atoms with Crippen molar-refractivity contribution < 1.29 is 20.1 Å². The summed E-state index contributed by atoms with van der Waals surface area (Å²) < 4.78 is 6.94. The molecule has 0 bridgehead atoms. The number of aliphatic hydroxyl groups is 3. The molecule has 0 aromatic carbocycles. The first kappa shape index (κ1) is 16.0. The minimum atomic E-state index is -1.19. The number of hydrogen-bond acceptors (Lipinski definition) is 9. The summed E-state index contributed by atoms with van der Waals surface area (Å²) in [6, 6.07) is 0. The van der Waals surface area contributed by atoms with Crippen LogP contribution in [-0.4, -0.2) is 72.5 Å². The lowest BCUT2D eigenvalue weighted by atomic mass is 10.1. The zero-order valence-corrected chi connectivity index (χ0v) is 13.6. The maximum Gasteiger partial charge on any atom is 0.190 e. The summed E-state index contributed by atoms with van der Waals surface area (Å²) in [5.41, 5.74) is 0.526. The Morgan fingerprint density at radius 1 is 1.23 bits per heavy atom. The van der Waals surface area contributed by atoms with Gasteiger partial charge in [0.15, 0.2) is 17.0 Å². The number of hydrogen-bond donors (Lipinski definition) is 3. The molecule has 2 aromatic rings. The normalized spacial score (nSPS) is 28.6. The summed E-state index contributed by atoms with van der Waals surface area (Å²) in [6.45, 7) is -0.380. The molecule has 10 heteroatoms. The smallest absolute Gasteiger partial charge is 0.190 e. The molecule has 1 aliphatic heterocycles. The van der Waals surface area contributed by atoms with E-state index in [9.17, 15) is 15.3 Å². The predicted octanol–water partition coefficient (Wildman–Crippen LogP) is -0.118. The van der Waals surface area contributed by atoms with E-state index in [1.165, 1.54) is 28.2 Å². The van der Waals surface area contributed by atoms with E-state index in [4.69, 9.17) is 4.74 Å². The van der Waals surface area contributed by atoms with Crippen LogP contribution in [0.4, 0.5) is 0 Å². The Morgan fingerprint density at radius 2 is 2.00 bits per heavy atom. The van der Waals surface area contributed by atoms with E-state index in [1.54, 1.807) is 6.20 Å². The van der Waals surface area contributed by atoms with Crippen LogP contribution < -0.4 is 0 Å². The third-order valence-electron chi connectivity index (χ3n) is 3.53. The number of thioether (sulfide) groups is 2. The highest BCUT2D eigenvalue weighted by Crippen LogP contribution is 2.33. The first-order valence-electron chi connectivity index (χ1n) is 6.56. The van der Waals surface area contributed by atoms with Crippen molar-refractivity contribution in [1.29, 1.82) is 0 Å². The molecule has 0 radical (unpaired) electrons. The van der Waals surface area contributed by atoms with Gasteiger partial charge in [0, 0.05) is 0 Å². The fraction of sp³-hybridized carbons (Fsp3) is 0.583. The molecular weight excluding hydrogens is 328 g/mol. The van der Waals surface area contributed by atoms with Gasteiger partial charge in [0.25, 0.3) is 0 Å². The van der Waals surface area contributed by atoms with E-state index in [1.807, 2.05) is 12.5 Å². The number of rotatable bonds is 4. The van der Waals surface area contributed by atoms with Gasteiger partial charge in [-0.2, -0.15) is 5.10 Å². The fourth-order valence-electron chi connectivity index (χ4n) is 2.40. The number of aliphatic hydroxyl groups excluding tert-OH is 3. The van der Waals surface area contributed by atoms with Gasteiger partial charge >= 0.3 is 0 Å². The minimum Gasteiger partial charge on any atom is -0.394 e. The van der Waals surface area contributed by atoms with Gasteiger partial charge in [-0.3, -0.25) is 0 Å². The topological polar surface area (TPSA) is 114 Å². The Hall–Kier alpha value is -0.910. The zero-order valence-electron chi connectivity index (χ0n) is 11.9. The van der Waals surface area contributed by atoms with E-state index in [0.717, 1.165) is 10.4 Å². The second-order valence-electron chi connectivity index (χ2n) is 4.77. The summed E-state index contributed by atoms with van der Waals surface area (Å²) in [5.74, 6) is 0. The largest absolute Gasteiger partial charge is 0.394 e. The lowest BCUT2D eigenvalue weighted by molar-refractivity contribution is -0.0567. The highest BCUT2D eigenvalue weighted by molar-refractivity contribution is 7.99. The van der Waals surface area contributed by atoms with Crippen LogP contribution in [0.3, 0.4) is 0 Å². The molecule has 0 saturated carbocycles. The third kappa shape index (κ3) is 2.49. The van der Waals surface area contributed by atoms with Gasteiger partial charge in [-0.15, -0.1) is 11.8 Å². The van der Waals surface area contributed by atoms with Crippen LogP contribution in [0.1, 0.15) is 6.23 Å². The first-order chi connectivity index (χ1) is 10.6. The number of ether oxygens (including phenoxy) is 1. The molecule has 3 heterocycles. The zero-order chi connectivity index (χ0) is 15.9. The average Bonchev–Trinajstić information content (AvgIpc) is 3.08. The maximum atomic E-state index is 10.1. The van der Waals surface area contributed by atoms with Crippen LogP contribution in [0.5, 0.6) is 0 Å². The standard InChI is InChI=1S/C12H16N4O4S2/c1-21-10-5-3-13-16(9(5)14-12(15-10)22-2)11-8(19)7(18)6(4-17)20-11/h3,6-8,11,17-19H,4H2,1-2H3/t6-,7+,8-,11-/m0/s1. The van der Waals surface area contributed by atoms with Crippen LogP contribution in [0, 0.1) is 0 Å². The van der Waals surface area contributed by atoms with Crippen molar-refractivity contribution in [2.24, 2.45) is 0 Å². The number of aromatic nitrogens is 4. The van der Waals surface area contributed by atoms with E-state index in [-0.39, 0.29) is 6.61 Å². The number of nitrogens with zero attached hydrogens (tertiary/aromatic N) is 4. The highest BCUT2D eigenvalue weighted by atomic mass is 32.2. The number of fused-ring (bicyclic) bond motifs is 1. The molecule has 22 heavy (non-hydrogen) atoms. The molecule has 0 spiro atoms. The Bertz CT molecular complexity index is 682. The molecule has 0 aliphatic carbocycles. The molecule has 8 nitrogen and oxygen atoms in total. The van der Waals surface area contributed by atoms with Crippen molar-refractivity contribution in [3.05, 3.63) is 6.20 Å². The van der Waals surface area contributed by atoms with Gasteiger partial charge in [-0.25, -0.2) is 14.6 Å². The van der Waals surface area contributed by atoms with Crippen molar-refractivity contribution in [3.8, 4) is 0 Å². The third-order valence-corrected chi connectivity index (χ3v) is 4.78. The van der Waals surface area contributed by atoms with E-state index < -0.39 is 24.5 Å². The molecule has 2 aromatic heterocycles.